The highest BCUT2D eigenvalue weighted by molar-refractivity contribution is 8.00. The van der Waals surface area contributed by atoms with Crippen molar-refractivity contribution in [2.24, 2.45) is 0 Å². The minimum absolute atomic E-state index is 0.169. The molecule has 2 amide bonds. The van der Waals surface area contributed by atoms with Crippen molar-refractivity contribution in [2.75, 3.05) is 12.4 Å². The molecule has 3 rings (SSSR count). The van der Waals surface area contributed by atoms with E-state index in [0.717, 1.165) is 4.90 Å². The van der Waals surface area contributed by atoms with E-state index in [1.54, 1.807) is 17.5 Å². The molecular formula is C13H12N2O5S2. The molecule has 2 aliphatic rings. The summed E-state index contributed by atoms with van der Waals surface area (Å²) in [5.41, 5.74) is 0.142. The summed E-state index contributed by atoms with van der Waals surface area (Å²) < 4.78 is 0. The molecule has 3 N–H and O–H groups in total. The van der Waals surface area contributed by atoms with E-state index in [2.05, 4.69) is 5.32 Å². The van der Waals surface area contributed by atoms with E-state index in [0.29, 0.717) is 16.2 Å². The van der Waals surface area contributed by atoms with Gasteiger partial charge in [-0.25, -0.2) is 4.79 Å². The van der Waals surface area contributed by atoms with Crippen molar-refractivity contribution < 1.29 is 24.6 Å². The van der Waals surface area contributed by atoms with Crippen molar-refractivity contribution in [2.45, 2.75) is 11.4 Å². The number of thioether (sulfide) groups is 1. The highest BCUT2D eigenvalue weighted by Gasteiger charge is 2.54. The van der Waals surface area contributed by atoms with E-state index >= 15 is 0 Å². The van der Waals surface area contributed by atoms with Gasteiger partial charge in [0.1, 0.15) is 17.1 Å². The van der Waals surface area contributed by atoms with Gasteiger partial charge in [0.2, 0.25) is 0 Å². The number of aliphatic hydroxyl groups is 1. The van der Waals surface area contributed by atoms with Gasteiger partial charge in [-0.2, -0.15) is 0 Å². The SMILES string of the molecule is O=C(O)C1=C(CO)CSC2C(NC(=O)c3cccs3)C(=O)N12. The average Bonchev–Trinajstić information content (AvgIpc) is 3.04. The first kappa shape index (κ1) is 15.1. The van der Waals surface area contributed by atoms with Gasteiger partial charge in [-0.05, 0) is 17.0 Å². The van der Waals surface area contributed by atoms with Gasteiger partial charge in [-0.1, -0.05) is 6.07 Å². The van der Waals surface area contributed by atoms with Gasteiger partial charge < -0.3 is 15.5 Å². The molecule has 0 radical (unpaired) electrons. The number of fused-ring (bicyclic) bond motifs is 1. The molecule has 0 bridgehead atoms. The molecule has 2 unspecified atom stereocenters. The third kappa shape index (κ3) is 2.31. The van der Waals surface area contributed by atoms with Crippen LogP contribution in [0.15, 0.2) is 28.8 Å². The van der Waals surface area contributed by atoms with Gasteiger partial charge in [-0.3, -0.25) is 14.5 Å². The molecule has 9 heteroatoms. The normalized spacial score (nSPS) is 23.9. The fourth-order valence-electron chi connectivity index (χ4n) is 2.42. The van der Waals surface area contributed by atoms with Gasteiger partial charge in [0, 0.05) is 5.75 Å². The van der Waals surface area contributed by atoms with Crippen molar-refractivity contribution in [3.8, 4) is 0 Å². The van der Waals surface area contributed by atoms with Crippen LogP contribution in [0.5, 0.6) is 0 Å². The molecule has 0 aromatic carbocycles. The first-order valence-electron chi connectivity index (χ1n) is 6.39. The van der Waals surface area contributed by atoms with Crippen molar-refractivity contribution in [1.82, 2.24) is 10.2 Å². The molecule has 116 valence electrons. The Labute approximate surface area is 133 Å². The Bertz CT molecular complexity index is 670. The minimum Gasteiger partial charge on any atom is -0.477 e. The first-order valence-corrected chi connectivity index (χ1v) is 8.32. The maximum atomic E-state index is 12.2. The Morgan fingerprint density at radius 1 is 1.45 bits per heavy atom. The summed E-state index contributed by atoms with van der Waals surface area (Å²) in [4.78, 5) is 37.2. The lowest BCUT2D eigenvalue weighted by Gasteiger charge is -2.49. The van der Waals surface area contributed by atoms with Crippen molar-refractivity contribution in [3.05, 3.63) is 33.7 Å². The standard InChI is InChI=1S/C13H12N2O5S2/c16-4-6-5-22-12-8(11(18)15(12)9(6)13(19)20)14-10(17)7-2-1-3-21-7/h1-3,8,12,16H,4-5H2,(H,14,17)(H,19,20). The van der Waals surface area contributed by atoms with Crippen LogP contribution >= 0.6 is 23.1 Å². The lowest BCUT2D eigenvalue weighted by molar-refractivity contribution is -0.148. The molecule has 7 nitrogen and oxygen atoms in total. The lowest BCUT2D eigenvalue weighted by atomic mass is 10.0. The molecule has 0 aliphatic carbocycles. The van der Waals surface area contributed by atoms with E-state index in [9.17, 15) is 24.6 Å². The van der Waals surface area contributed by atoms with E-state index in [4.69, 9.17) is 0 Å². The highest BCUT2D eigenvalue weighted by Crippen LogP contribution is 2.40. The number of rotatable bonds is 4. The van der Waals surface area contributed by atoms with E-state index in [-0.39, 0.29) is 11.6 Å². The molecule has 0 spiro atoms. The number of aliphatic hydroxyl groups excluding tert-OH is 1. The second-order valence-corrected chi connectivity index (χ2v) is 6.81. The second kappa shape index (κ2) is 5.75. The fourth-order valence-corrected chi connectivity index (χ4v) is 4.39. The number of nitrogens with one attached hydrogen (secondary N) is 1. The van der Waals surface area contributed by atoms with Crippen LogP contribution in [-0.4, -0.2) is 56.7 Å². The van der Waals surface area contributed by atoms with Crippen LogP contribution in [0.2, 0.25) is 0 Å². The second-order valence-electron chi connectivity index (χ2n) is 4.75. The summed E-state index contributed by atoms with van der Waals surface area (Å²) >= 11 is 2.60. The van der Waals surface area contributed by atoms with Gasteiger partial charge in [-0.15, -0.1) is 23.1 Å². The average molecular weight is 340 g/mol. The molecule has 0 saturated carbocycles. The fraction of sp³-hybridized carbons (Fsp3) is 0.308. The number of carboxylic acids is 1. The van der Waals surface area contributed by atoms with Gasteiger partial charge in [0.05, 0.1) is 11.5 Å². The number of hydrogen-bond acceptors (Lipinski definition) is 6. The molecule has 22 heavy (non-hydrogen) atoms. The van der Waals surface area contributed by atoms with E-state index in [1.807, 2.05) is 0 Å². The highest BCUT2D eigenvalue weighted by atomic mass is 32.2. The molecule has 1 fully saturated rings. The maximum absolute atomic E-state index is 12.2. The molecule has 1 aromatic rings. The summed E-state index contributed by atoms with van der Waals surface area (Å²) in [6.07, 6.45) is 0. The maximum Gasteiger partial charge on any atom is 0.352 e. The van der Waals surface area contributed by atoms with Crippen LogP contribution < -0.4 is 5.32 Å². The third-order valence-electron chi connectivity index (χ3n) is 3.47. The summed E-state index contributed by atoms with van der Waals surface area (Å²) in [7, 11) is 0. The van der Waals surface area contributed by atoms with Gasteiger partial charge in [0.25, 0.3) is 11.8 Å². The zero-order chi connectivity index (χ0) is 15.9. The van der Waals surface area contributed by atoms with Crippen LogP contribution in [-0.2, 0) is 9.59 Å². The largest absolute Gasteiger partial charge is 0.477 e. The smallest absolute Gasteiger partial charge is 0.352 e. The number of thiophene rings is 1. The molecule has 1 saturated heterocycles. The Balaban J connectivity index is 1.78. The predicted octanol–water partition coefficient (Wildman–Crippen LogP) is 0.0926. The van der Waals surface area contributed by atoms with Crippen LogP contribution in [0.4, 0.5) is 0 Å². The Hall–Kier alpha value is -1.84. The molecule has 2 aliphatic heterocycles. The number of β-lactam (4-membered cyclic amide) rings is 1. The number of hydrogen-bond donors (Lipinski definition) is 3. The van der Waals surface area contributed by atoms with Crippen LogP contribution in [0.25, 0.3) is 0 Å². The minimum atomic E-state index is -1.24. The summed E-state index contributed by atoms with van der Waals surface area (Å²) in [6, 6.07) is 2.65. The molecule has 1 aromatic heterocycles. The van der Waals surface area contributed by atoms with Crippen LogP contribution in [0, 0.1) is 0 Å². The Morgan fingerprint density at radius 3 is 2.82 bits per heavy atom. The van der Waals surface area contributed by atoms with Crippen LogP contribution in [0.1, 0.15) is 9.67 Å². The van der Waals surface area contributed by atoms with E-state index < -0.39 is 29.9 Å². The van der Waals surface area contributed by atoms with Gasteiger partial charge in [0.15, 0.2) is 0 Å². The predicted molar refractivity (Wildman–Crippen MR) is 80.4 cm³/mol. The number of carbonyl (C=O) groups is 3. The van der Waals surface area contributed by atoms with Gasteiger partial charge >= 0.3 is 5.97 Å². The number of carbonyl (C=O) groups excluding carboxylic acids is 2. The third-order valence-corrected chi connectivity index (χ3v) is 5.68. The monoisotopic (exact) mass is 340 g/mol. The molecule has 3 heterocycles. The Morgan fingerprint density at radius 2 is 2.23 bits per heavy atom. The lowest BCUT2D eigenvalue weighted by Crippen LogP contribution is -2.70. The van der Waals surface area contributed by atoms with E-state index in [1.165, 1.54) is 23.1 Å². The Kier molecular flexibility index (Phi) is 3.94. The van der Waals surface area contributed by atoms with Crippen molar-refractivity contribution in [1.29, 1.82) is 0 Å². The zero-order valence-corrected chi connectivity index (χ0v) is 12.8. The molecule has 2 atom stereocenters. The topological polar surface area (TPSA) is 107 Å². The number of carboxylic acid groups (broad SMARTS) is 1. The summed E-state index contributed by atoms with van der Waals surface area (Å²) in [5.74, 6) is -1.74. The zero-order valence-electron chi connectivity index (χ0n) is 11.2. The summed E-state index contributed by atoms with van der Waals surface area (Å²) in [5, 5.41) is 22.4. The van der Waals surface area contributed by atoms with Crippen LogP contribution in [0.3, 0.4) is 0 Å². The molecular weight excluding hydrogens is 328 g/mol. The summed E-state index contributed by atoms with van der Waals surface area (Å²) in [6.45, 7) is -0.405. The van der Waals surface area contributed by atoms with Crippen molar-refractivity contribution >= 4 is 40.9 Å². The quantitative estimate of drug-likeness (QED) is 0.671. The number of amides is 2. The number of nitrogens with zero attached hydrogens (tertiary/aromatic N) is 1. The number of aliphatic carboxylic acids is 1. The first-order chi connectivity index (χ1) is 10.5. The van der Waals surface area contributed by atoms with Crippen molar-refractivity contribution in [3.63, 3.8) is 0 Å².